The van der Waals surface area contributed by atoms with Crippen LogP contribution in [0.1, 0.15) is 47.2 Å². The van der Waals surface area contributed by atoms with Crippen molar-refractivity contribution in [2.24, 2.45) is 0 Å². The molecule has 0 aliphatic rings. The lowest BCUT2D eigenvalue weighted by Crippen LogP contribution is -1.65. The second kappa shape index (κ2) is 22.5. The molecule has 0 saturated carbocycles. The monoisotopic (exact) mass is 172 g/mol. The Balaban J connectivity index is -0.000000117. The second-order valence-electron chi connectivity index (χ2n) is 1.24. The Kier molecular flexibility index (Phi) is 32.4. The number of rotatable bonds is 0. The van der Waals surface area contributed by atoms with Crippen molar-refractivity contribution in [3.63, 3.8) is 0 Å². The molecule has 0 aliphatic heterocycles. The van der Waals surface area contributed by atoms with Crippen molar-refractivity contribution >= 4 is 0 Å². The number of aromatic amines is 1. The largest absolute Gasteiger partial charge is 0.283 e. The summed E-state index contributed by atoms with van der Waals surface area (Å²) in [6.45, 7) is 14.0. The Morgan fingerprint density at radius 3 is 1.50 bits per heavy atom. The van der Waals surface area contributed by atoms with Gasteiger partial charge in [-0.25, -0.2) is 0 Å². The topological polar surface area (TPSA) is 28.7 Å². The highest BCUT2D eigenvalue weighted by molar-refractivity contribution is 4.91. The molecule has 0 radical (unpaired) electrons. The first-order valence-corrected chi connectivity index (χ1v) is 4.85. The van der Waals surface area contributed by atoms with Crippen molar-refractivity contribution in [1.29, 1.82) is 0 Å². The molecule has 1 aromatic rings. The van der Waals surface area contributed by atoms with Gasteiger partial charge in [-0.05, 0) is 13.0 Å². The summed E-state index contributed by atoms with van der Waals surface area (Å²) in [6.07, 6.45) is 1.73. The molecule has 0 aliphatic carbocycles. The molecule has 12 heavy (non-hydrogen) atoms. The SMILES string of the molecule is CC.CC.CC.Cc1ccn[nH]1. The molecule has 0 bridgehead atoms. The van der Waals surface area contributed by atoms with Crippen LogP contribution in [0.4, 0.5) is 0 Å². The minimum Gasteiger partial charge on any atom is -0.283 e. The van der Waals surface area contributed by atoms with E-state index in [1.165, 1.54) is 0 Å². The molecular weight excluding hydrogens is 148 g/mol. The van der Waals surface area contributed by atoms with Gasteiger partial charge in [0.2, 0.25) is 0 Å². The van der Waals surface area contributed by atoms with Crippen LogP contribution in [0.2, 0.25) is 0 Å². The average Bonchev–Trinajstić information content (AvgIpc) is 2.66. The predicted molar refractivity (Wildman–Crippen MR) is 57.4 cm³/mol. The first kappa shape index (κ1) is 17.3. The van der Waals surface area contributed by atoms with Gasteiger partial charge in [0.1, 0.15) is 0 Å². The van der Waals surface area contributed by atoms with Crippen LogP contribution in [-0.4, -0.2) is 10.2 Å². The van der Waals surface area contributed by atoms with Gasteiger partial charge in [-0.3, -0.25) is 5.10 Å². The first-order valence-electron chi connectivity index (χ1n) is 4.85. The summed E-state index contributed by atoms with van der Waals surface area (Å²) in [4.78, 5) is 0. The van der Waals surface area contributed by atoms with Crippen molar-refractivity contribution in [2.45, 2.75) is 48.5 Å². The van der Waals surface area contributed by atoms with Crippen LogP contribution in [0, 0.1) is 6.92 Å². The Morgan fingerprint density at radius 1 is 1.00 bits per heavy atom. The highest BCUT2D eigenvalue weighted by Crippen LogP contribution is 1.82. The number of aryl methyl sites for hydroxylation is 1. The van der Waals surface area contributed by atoms with Gasteiger partial charge in [-0.1, -0.05) is 41.5 Å². The van der Waals surface area contributed by atoms with E-state index in [0.717, 1.165) is 5.69 Å². The lowest BCUT2D eigenvalue weighted by atomic mass is 10.5. The smallest absolute Gasteiger partial charge is 0.0489 e. The molecule has 2 heteroatoms. The molecule has 2 nitrogen and oxygen atoms in total. The minimum absolute atomic E-state index is 1.11. The summed E-state index contributed by atoms with van der Waals surface area (Å²) in [5.41, 5.74) is 1.11. The lowest BCUT2D eigenvalue weighted by Gasteiger charge is -1.68. The van der Waals surface area contributed by atoms with Crippen molar-refractivity contribution in [1.82, 2.24) is 10.2 Å². The number of aromatic nitrogens is 2. The molecule has 1 N–H and O–H groups in total. The first-order chi connectivity index (χ1) is 5.89. The third-order valence-corrected chi connectivity index (χ3v) is 0.640. The highest BCUT2D eigenvalue weighted by atomic mass is 15.1. The summed E-state index contributed by atoms with van der Waals surface area (Å²) in [5.74, 6) is 0. The zero-order valence-corrected chi connectivity index (χ0v) is 9.60. The van der Waals surface area contributed by atoms with Gasteiger partial charge in [-0.15, -0.1) is 0 Å². The lowest BCUT2D eigenvalue weighted by molar-refractivity contribution is 1.05. The summed E-state index contributed by atoms with van der Waals surface area (Å²) < 4.78 is 0. The van der Waals surface area contributed by atoms with Gasteiger partial charge >= 0.3 is 0 Å². The van der Waals surface area contributed by atoms with E-state index in [4.69, 9.17) is 0 Å². The Morgan fingerprint density at radius 2 is 1.42 bits per heavy atom. The van der Waals surface area contributed by atoms with Gasteiger partial charge in [0.15, 0.2) is 0 Å². The zero-order chi connectivity index (χ0) is 10.4. The van der Waals surface area contributed by atoms with E-state index in [1.807, 2.05) is 54.5 Å². The predicted octanol–water partition coefficient (Wildman–Crippen LogP) is 3.80. The normalized spacial score (nSPS) is 5.92. The van der Waals surface area contributed by atoms with E-state index < -0.39 is 0 Å². The van der Waals surface area contributed by atoms with Crippen LogP contribution in [0.5, 0.6) is 0 Å². The fourth-order valence-corrected chi connectivity index (χ4v) is 0.325. The average molecular weight is 172 g/mol. The molecule has 0 unspecified atom stereocenters. The van der Waals surface area contributed by atoms with Gasteiger partial charge < -0.3 is 0 Å². The molecule has 1 aromatic heterocycles. The molecule has 0 atom stereocenters. The number of hydrogen-bond donors (Lipinski definition) is 1. The number of H-pyrrole nitrogens is 1. The summed E-state index contributed by atoms with van der Waals surface area (Å²) in [5, 5.41) is 6.45. The Hall–Kier alpha value is -0.790. The van der Waals surface area contributed by atoms with Crippen LogP contribution in [0.3, 0.4) is 0 Å². The van der Waals surface area contributed by atoms with Crippen LogP contribution in [-0.2, 0) is 0 Å². The zero-order valence-electron chi connectivity index (χ0n) is 9.60. The van der Waals surface area contributed by atoms with Gasteiger partial charge in [0, 0.05) is 11.9 Å². The third-order valence-electron chi connectivity index (χ3n) is 0.640. The molecule has 1 rings (SSSR count). The molecule has 0 amide bonds. The van der Waals surface area contributed by atoms with Crippen LogP contribution >= 0.6 is 0 Å². The van der Waals surface area contributed by atoms with E-state index in [9.17, 15) is 0 Å². The fourth-order valence-electron chi connectivity index (χ4n) is 0.325. The summed E-state index contributed by atoms with van der Waals surface area (Å²) in [6, 6.07) is 1.92. The van der Waals surface area contributed by atoms with Gasteiger partial charge in [0.25, 0.3) is 0 Å². The number of nitrogens with one attached hydrogen (secondary N) is 1. The van der Waals surface area contributed by atoms with Crippen LogP contribution in [0.15, 0.2) is 12.3 Å². The molecular formula is C10H24N2. The quantitative estimate of drug-likeness (QED) is 0.633. The van der Waals surface area contributed by atoms with Crippen molar-refractivity contribution in [3.05, 3.63) is 18.0 Å². The minimum atomic E-state index is 1.11. The molecule has 0 aromatic carbocycles. The third kappa shape index (κ3) is 16.1. The Bertz CT molecular complexity index is 111. The van der Waals surface area contributed by atoms with E-state index in [0.29, 0.717) is 0 Å². The maximum atomic E-state index is 3.70. The number of nitrogens with zero attached hydrogens (tertiary/aromatic N) is 1. The number of hydrogen-bond acceptors (Lipinski definition) is 1. The molecule has 0 fully saturated rings. The van der Waals surface area contributed by atoms with Crippen molar-refractivity contribution < 1.29 is 0 Å². The van der Waals surface area contributed by atoms with Gasteiger partial charge in [0.05, 0.1) is 0 Å². The van der Waals surface area contributed by atoms with E-state index in [1.54, 1.807) is 6.20 Å². The van der Waals surface area contributed by atoms with Crippen molar-refractivity contribution in [2.75, 3.05) is 0 Å². The fraction of sp³-hybridized carbons (Fsp3) is 0.700. The van der Waals surface area contributed by atoms with E-state index in [2.05, 4.69) is 10.2 Å². The molecule has 74 valence electrons. The molecule has 1 heterocycles. The maximum absolute atomic E-state index is 3.70. The molecule has 0 spiro atoms. The van der Waals surface area contributed by atoms with E-state index >= 15 is 0 Å². The van der Waals surface area contributed by atoms with Crippen molar-refractivity contribution in [3.8, 4) is 0 Å². The Labute approximate surface area is 77.4 Å². The van der Waals surface area contributed by atoms with Crippen LogP contribution in [0.25, 0.3) is 0 Å². The summed E-state index contributed by atoms with van der Waals surface area (Å²) >= 11 is 0. The highest BCUT2D eigenvalue weighted by Gasteiger charge is 1.73. The standard InChI is InChI=1S/C4H6N2.3C2H6/c1-4-2-3-5-6-4;3*1-2/h2-3H,1H3,(H,5,6);3*1-2H3. The molecule has 0 saturated heterocycles. The summed E-state index contributed by atoms with van der Waals surface area (Å²) in [7, 11) is 0. The van der Waals surface area contributed by atoms with E-state index in [-0.39, 0.29) is 0 Å². The second-order valence-corrected chi connectivity index (χ2v) is 1.24. The van der Waals surface area contributed by atoms with Gasteiger partial charge in [-0.2, -0.15) is 5.10 Å². The van der Waals surface area contributed by atoms with Crippen LogP contribution < -0.4 is 0 Å². The maximum Gasteiger partial charge on any atom is 0.0489 e.